The van der Waals surface area contributed by atoms with Gasteiger partial charge in [0, 0.05) is 12.0 Å². The van der Waals surface area contributed by atoms with Crippen LogP contribution in [0.15, 0.2) is 11.5 Å². The third kappa shape index (κ3) is 2.05. The predicted molar refractivity (Wildman–Crippen MR) is 55.6 cm³/mol. The number of sulfone groups is 1. The topological polar surface area (TPSA) is 80.5 Å². The molecular formula is C9H14N2O3S. The third-order valence-electron chi connectivity index (χ3n) is 2.83. The van der Waals surface area contributed by atoms with Crippen LogP contribution in [0.5, 0.6) is 0 Å². The van der Waals surface area contributed by atoms with Gasteiger partial charge in [-0.3, -0.25) is 4.79 Å². The predicted octanol–water partition coefficient (Wildman–Crippen LogP) is -0.753. The van der Waals surface area contributed by atoms with Gasteiger partial charge in [0.2, 0.25) is 5.91 Å². The van der Waals surface area contributed by atoms with Gasteiger partial charge in [-0.15, -0.1) is 0 Å². The van der Waals surface area contributed by atoms with Gasteiger partial charge in [-0.2, -0.15) is 0 Å². The lowest BCUT2D eigenvalue weighted by Gasteiger charge is -2.33. The molecule has 0 aliphatic carbocycles. The van der Waals surface area contributed by atoms with Crippen molar-refractivity contribution in [1.82, 2.24) is 4.90 Å². The molecule has 15 heavy (non-hydrogen) atoms. The second kappa shape index (κ2) is 3.61. The number of carbonyl (C=O) groups is 1. The molecule has 2 heterocycles. The third-order valence-corrected chi connectivity index (χ3v) is 4.20. The molecule has 1 fully saturated rings. The smallest absolute Gasteiger partial charge is 0.240 e. The Balaban J connectivity index is 2.12. The van der Waals surface area contributed by atoms with Crippen molar-refractivity contribution in [3.63, 3.8) is 0 Å². The maximum atomic E-state index is 11.7. The van der Waals surface area contributed by atoms with E-state index in [1.54, 1.807) is 11.0 Å². The molecule has 2 aliphatic heterocycles. The zero-order chi connectivity index (χ0) is 11.1. The molecule has 0 aromatic carbocycles. The maximum Gasteiger partial charge on any atom is 0.240 e. The van der Waals surface area contributed by atoms with Crippen molar-refractivity contribution in [1.29, 1.82) is 0 Å². The van der Waals surface area contributed by atoms with E-state index in [1.807, 2.05) is 0 Å². The minimum atomic E-state index is -3.10. The molecule has 0 radical (unpaired) electrons. The van der Waals surface area contributed by atoms with Gasteiger partial charge in [0.1, 0.15) is 0 Å². The lowest BCUT2D eigenvalue weighted by atomic mass is 10.0. The van der Waals surface area contributed by atoms with E-state index in [4.69, 9.17) is 5.73 Å². The number of nitrogens with zero attached hydrogens (tertiary/aromatic N) is 1. The molecule has 0 saturated carbocycles. The highest BCUT2D eigenvalue weighted by molar-refractivity contribution is 7.94. The van der Waals surface area contributed by atoms with Gasteiger partial charge in [0.25, 0.3) is 0 Å². The van der Waals surface area contributed by atoms with Crippen LogP contribution in [0.2, 0.25) is 0 Å². The Morgan fingerprint density at radius 1 is 1.47 bits per heavy atom. The van der Waals surface area contributed by atoms with E-state index >= 15 is 0 Å². The Bertz CT molecular complexity index is 402. The maximum absolute atomic E-state index is 11.7. The number of hydrogen-bond acceptors (Lipinski definition) is 4. The quantitative estimate of drug-likeness (QED) is 0.642. The summed E-state index contributed by atoms with van der Waals surface area (Å²) in [7, 11) is -3.10. The molecule has 5 nitrogen and oxygen atoms in total. The van der Waals surface area contributed by atoms with Crippen LogP contribution in [0.1, 0.15) is 12.8 Å². The Labute approximate surface area is 88.8 Å². The summed E-state index contributed by atoms with van der Waals surface area (Å²) in [5.74, 6) is -0.126. The van der Waals surface area contributed by atoms with E-state index in [0.717, 1.165) is 6.42 Å². The fourth-order valence-corrected chi connectivity index (χ4v) is 3.31. The Morgan fingerprint density at radius 3 is 2.80 bits per heavy atom. The highest BCUT2D eigenvalue weighted by Gasteiger charge is 2.34. The minimum absolute atomic E-state index is 0.00542. The summed E-state index contributed by atoms with van der Waals surface area (Å²) >= 11 is 0. The van der Waals surface area contributed by atoms with Crippen LogP contribution in [0.3, 0.4) is 0 Å². The second-order valence-electron chi connectivity index (χ2n) is 4.01. The first kappa shape index (κ1) is 10.6. The van der Waals surface area contributed by atoms with Crippen molar-refractivity contribution in [2.75, 3.05) is 12.3 Å². The SMILES string of the molecule is NC1CCCN(C2C=CS(=O)(=O)C2)C1=O. The van der Waals surface area contributed by atoms with Crippen LogP contribution in [0, 0.1) is 0 Å². The van der Waals surface area contributed by atoms with Crippen molar-refractivity contribution in [2.45, 2.75) is 24.9 Å². The normalized spacial score (nSPS) is 34.7. The van der Waals surface area contributed by atoms with Crippen molar-refractivity contribution >= 4 is 15.7 Å². The summed E-state index contributed by atoms with van der Waals surface area (Å²) in [6.45, 7) is 0.608. The van der Waals surface area contributed by atoms with E-state index in [-0.39, 0.29) is 17.7 Å². The number of amides is 1. The molecule has 2 unspecified atom stereocenters. The molecule has 1 saturated heterocycles. The van der Waals surface area contributed by atoms with Crippen LogP contribution < -0.4 is 5.73 Å². The zero-order valence-electron chi connectivity index (χ0n) is 8.30. The van der Waals surface area contributed by atoms with Gasteiger partial charge < -0.3 is 10.6 Å². The van der Waals surface area contributed by atoms with Crippen molar-refractivity contribution in [3.8, 4) is 0 Å². The van der Waals surface area contributed by atoms with Crippen LogP contribution in [-0.2, 0) is 14.6 Å². The molecule has 0 spiro atoms. The minimum Gasteiger partial charge on any atom is -0.334 e. The zero-order valence-corrected chi connectivity index (χ0v) is 9.11. The monoisotopic (exact) mass is 230 g/mol. The summed E-state index contributed by atoms with van der Waals surface area (Å²) in [6.07, 6.45) is 3.11. The van der Waals surface area contributed by atoms with Crippen LogP contribution >= 0.6 is 0 Å². The molecule has 6 heteroatoms. The Morgan fingerprint density at radius 2 is 2.20 bits per heavy atom. The summed E-state index contributed by atoms with van der Waals surface area (Å²) in [6, 6.07) is -0.774. The van der Waals surface area contributed by atoms with Crippen molar-refractivity contribution < 1.29 is 13.2 Å². The molecule has 2 atom stereocenters. The van der Waals surface area contributed by atoms with Gasteiger partial charge in [0.05, 0.1) is 17.8 Å². The highest BCUT2D eigenvalue weighted by Crippen LogP contribution is 2.19. The van der Waals surface area contributed by atoms with Crippen molar-refractivity contribution in [2.24, 2.45) is 5.73 Å². The molecule has 1 amide bonds. The number of nitrogens with two attached hydrogens (primary N) is 1. The van der Waals surface area contributed by atoms with E-state index in [0.29, 0.717) is 13.0 Å². The molecule has 2 N–H and O–H groups in total. The fourth-order valence-electron chi connectivity index (χ4n) is 2.01. The number of likely N-dealkylation sites (tertiary alicyclic amines) is 1. The molecule has 2 aliphatic rings. The standard InChI is InChI=1S/C9H14N2O3S/c10-8-2-1-4-11(9(8)12)7-3-5-15(13,14)6-7/h3,5,7-8H,1-2,4,6,10H2. The first-order valence-corrected chi connectivity index (χ1v) is 6.68. The van der Waals surface area contributed by atoms with Crippen molar-refractivity contribution in [3.05, 3.63) is 11.5 Å². The first-order chi connectivity index (χ1) is 6.99. The fraction of sp³-hybridized carbons (Fsp3) is 0.667. The van der Waals surface area contributed by atoms with Gasteiger partial charge in [-0.1, -0.05) is 0 Å². The molecule has 0 aromatic heterocycles. The number of rotatable bonds is 1. The average Bonchev–Trinajstić information content (AvgIpc) is 2.51. The molecule has 84 valence electrons. The Kier molecular flexibility index (Phi) is 2.56. The lowest BCUT2D eigenvalue weighted by Crippen LogP contribution is -2.52. The summed E-state index contributed by atoms with van der Waals surface area (Å²) in [5.41, 5.74) is 5.64. The average molecular weight is 230 g/mol. The second-order valence-corrected chi connectivity index (χ2v) is 5.94. The summed E-state index contributed by atoms with van der Waals surface area (Å²) in [4.78, 5) is 13.3. The van der Waals surface area contributed by atoms with Crippen LogP contribution in [-0.4, -0.2) is 43.6 Å². The largest absolute Gasteiger partial charge is 0.334 e. The first-order valence-electron chi connectivity index (χ1n) is 4.97. The van der Waals surface area contributed by atoms with Crippen LogP contribution in [0.4, 0.5) is 0 Å². The molecule has 2 rings (SSSR count). The lowest BCUT2D eigenvalue weighted by molar-refractivity contribution is -0.136. The summed E-state index contributed by atoms with van der Waals surface area (Å²) in [5, 5.41) is 1.19. The number of piperidine rings is 1. The van der Waals surface area contributed by atoms with E-state index < -0.39 is 15.9 Å². The molecule has 0 bridgehead atoms. The van der Waals surface area contributed by atoms with Gasteiger partial charge in [0.15, 0.2) is 9.84 Å². The van der Waals surface area contributed by atoms with E-state index in [9.17, 15) is 13.2 Å². The molecule has 0 aromatic rings. The number of carbonyl (C=O) groups excluding carboxylic acids is 1. The summed E-state index contributed by atoms with van der Waals surface area (Å²) < 4.78 is 22.4. The van der Waals surface area contributed by atoms with Gasteiger partial charge in [-0.05, 0) is 18.9 Å². The molecular weight excluding hydrogens is 216 g/mol. The van der Waals surface area contributed by atoms with E-state index in [1.165, 1.54) is 5.41 Å². The van der Waals surface area contributed by atoms with Gasteiger partial charge >= 0.3 is 0 Å². The van der Waals surface area contributed by atoms with Gasteiger partial charge in [-0.25, -0.2) is 8.42 Å². The Hall–Kier alpha value is -0.880. The number of hydrogen-bond donors (Lipinski definition) is 1. The van der Waals surface area contributed by atoms with Crippen LogP contribution in [0.25, 0.3) is 0 Å². The highest BCUT2D eigenvalue weighted by atomic mass is 32.2. The van der Waals surface area contributed by atoms with E-state index in [2.05, 4.69) is 0 Å².